The molecule has 0 fully saturated rings. The topological polar surface area (TPSA) is 3.24 Å². The largest absolute Gasteiger partial charge is 0.295 e. The maximum atomic E-state index is 2.47. The monoisotopic (exact) mass is 209 g/mol. The molecule has 1 aromatic rings. The van der Waals surface area contributed by atoms with Crippen LogP contribution in [-0.2, 0) is 6.54 Å². The first-order chi connectivity index (χ1) is 6.45. The highest BCUT2D eigenvalue weighted by Gasteiger charge is 2.05. The van der Waals surface area contributed by atoms with Crippen LogP contribution in [0, 0.1) is 0 Å². The molecule has 1 aromatic carbocycles. The fraction of sp³-hybridized carbons (Fsp3) is 0.333. The Labute approximate surface area is 91.8 Å². The van der Waals surface area contributed by atoms with Gasteiger partial charge in [-0.15, -0.1) is 12.4 Å². The van der Waals surface area contributed by atoms with Crippen LogP contribution < -0.4 is 0 Å². The third-order valence-electron chi connectivity index (χ3n) is 2.39. The summed E-state index contributed by atoms with van der Waals surface area (Å²) in [5.74, 6) is 0. The Bertz CT molecular complexity index is 282. The lowest BCUT2D eigenvalue weighted by Crippen LogP contribution is -2.26. The molecule has 1 nitrogen and oxygen atoms in total. The van der Waals surface area contributed by atoms with Crippen LogP contribution in [0.3, 0.4) is 0 Å². The van der Waals surface area contributed by atoms with E-state index in [2.05, 4.69) is 47.4 Å². The summed E-state index contributed by atoms with van der Waals surface area (Å²) in [5.41, 5.74) is 1.41. The molecule has 0 aliphatic carbocycles. The van der Waals surface area contributed by atoms with Gasteiger partial charge in [0.1, 0.15) is 0 Å². The van der Waals surface area contributed by atoms with Gasteiger partial charge in [0.2, 0.25) is 0 Å². The van der Waals surface area contributed by atoms with E-state index in [1.165, 1.54) is 18.5 Å². The first-order valence-corrected chi connectivity index (χ1v) is 4.86. The average Bonchev–Trinajstić information content (AvgIpc) is 2.21. The van der Waals surface area contributed by atoms with Crippen molar-refractivity contribution in [2.24, 2.45) is 0 Å². The molecule has 14 heavy (non-hydrogen) atoms. The fourth-order valence-electron chi connectivity index (χ4n) is 1.68. The van der Waals surface area contributed by atoms with E-state index in [4.69, 9.17) is 0 Å². The van der Waals surface area contributed by atoms with Crippen LogP contribution in [0.4, 0.5) is 0 Å². The molecule has 76 valence electrons. The highest BCUT2D eigenvalue weighted by molar-refractivity contribution is 5.85. The Hall–Kier alpha value is -0.790. The van der Waals surface area contributed by atoms with Crippen LogP contribution in [0.2, 0.25) is 0 Å². The third-order valence-corrected chi connectivity index (χ3v) is 2.39. The zero-order chi connectivity index (χ0) is 8.93. The maximum absolute atomic E-state index is 2.47. The number of nitrogens with zero attached hydrogens (tertiary/aromatic N) is 1. The highest BCUT2D eigenvalue weighted by atomic mass is 35.5. The Morgan fingerprint density at radius 3 is 2.50 bits per heavy atom. The smallest absolute Gasteiger partial charge is 0.0237 e. The van der Waals surface area contributed by atoms with Gasteiger partial charge >= 0.3 is 0 Å². The van der Waals surface area contributed by atoms with Gasteiger partial charge in [-0.25, -0.2) is 0 Å². The van der Waals surface area contributed by atoms with E-state index in [1.807, 2.05) is 0 Å². The molecule has 1 aliphatic rings. The lowest BCUT2D eigenvalue weighted by molar-refractivity contribution is 0.291. The van der Waals surface area contributed by atoms with Crippen molar-refractivity contribution in [1.29, 1.82) is 0 Å². The summed E-state index contributed by atoms with van der Waals surface area (Å²) in [5, 5.41) is 0. The third kappa shape index (κ3) is 3.17. The second-order valence-electron chi connectivity index (χ2n) is 3.48. The lowest BCUT2D eigenvalue weighted by atomic mass is 10.2. The van der Waals surface area contributed by atoms with E-state index in [-0.39, 0.29) is 12.4 Å². The van der Waals surface area contributed by atoms with E-state index < -0.39 is 0 Å². The van der Waals surface area contributed by atoms with E-state index in [1.54, 1.807) is 0 Å². The summed E-state index contributed by atoms with van der Waals surface area (Å²) in [7, 11) is 0. The zero-order valence-corrected chi connectivity index (χ0v) is 9.04. The predicted molar refractivity (Wildman–Crippen MR) is 62.7 cm³/mol. The van der Waals surface area contributed by atoms with Crippen molar-refractivity contribution < 1.29 is 0 Å². The highest BCUT2D eigenvalue weighted by Crippen LogP contribution is 2.07. The minimum atomic E-state index is 0. The van der Waals surface area contributed by atoms with Gasteiger partial charge in [-0.2, -0.15) is 0 Å². The average molecular weight is 210 g/mol. The normalized spacial score (nSPS) is 16.3. The Morgan fingerprint density at radius 2 is 1.86 bits per heavy atom. The minimum absolute atomic E-state index is 0. The number of benzene rings is 1. The first kappa shape index (κ1) is 11.3. The molecule has 0 N–H and O–H groups in total. The molecule has 0 unspecified atom stereocenters. The molecular formula is C12H16ClN. The lowest BCUT2D eigenvalue weighted by Gasteiger charge is -2.22. The summed E-state index contributed by atoms with van der Waals surface area (Å²) in [6.07, 6.45) is 5.72. The summed E-state index contributed by atoms with van der Waals surface area (Å²) >= 11 is 0. The Kier molecular flexibility index (Phi) is 4.71. The van der Waals surface area contributed by atoms with Gasteiger partial charge in [0, 0.05) is 19.6 Å². The molecule has 0 spiro atoms. The quantitative estimate of drug-likeness (QED) is 0.678. The summed E-state index contributed by atoms with van der Waals surface area (Å²) in [4.78, 5) is 2.47. The molecule has 2 rings (SSSR count). The molecule has 0 amide bonds. The van der Waals surface area contributed by atoms with Crippen LogP contribution in [0.5, 0.6) is 0 Å². The van der Waals surface area contributed by atoms with Gasteiger partial charge in [-0.3, -0.25) is 4.90 Å². The van der Waals surface area contributed by atoms with E-state index in [0.29, 0.717) is 0 Å². The van der Waals surface area contributed by atoms with E-state index >= 15 is 0 Å². The van der Waals surface area contributed by atoms with Crippen molar-refractivity contribution in [3.05, 3.63) is 48.0 Å². The van der Waals surface area contributed by atoms with Crippen molar-refractivity contribution >= 4 is 12.4 Å². The number of hydrogen-bond acceptors (Lipinski definition) is 1. The SMILES string of the molecule is C1=CCN(Cc2ccccc2)CC1.Cl. The van der Waals surface area contributed by atoms with Gasteiger partial charge < -0.3 is 0 Å². The van der Waals surface area contributed by atoms with Crippen LogP contribution >= 0.6 is 12.4 Å². The van der Waals surface area contributed by atoms with Crippen molar-refractivity contribution in [2.75, 3.05) is 13.1 Å². The molecule has 0 saturated carbocycles. The second kappa shape index (κ2) is 5.84. The molecule has 0 atom stereocenters. The molecule has 1 heterocycles. The molecule has 0 saturated heterocycles. The molecule has 2 heteroatoms. The van der Waals surface area contributed by atoms with Gasteiger partial charge in [0.05, 0.1) is 0 Å². The van der Waals surface area contributed by atoms with Crippen LogP contribution in [0.1, 0.15) is 12.0 Å². The Balaban J connectivity index is 0.000000980. The number of halogens is 1. The fourth-order valence-corrected chi connectivity index (χ4v) is 1.68. The molecule has 0 bridgehead atoms. The standard InChI is InChI=1S/C12H15N.ClH/c1-3-7-12(8-4-1)11-13-9-5-2-6-10-13;/h1-5,7-8H,6,9-11H2;1H. The number of rotatable bonds is 2. The van der Waals surface area contributed by atoms with Crippen molar-refractivity contribution in [2.45, 2.75) is 13.0 Å². The summed E-state index contributed by atoms with van der Waals surface area (Å²) in [6.45, 7) is 3.39. The molecule has 0 radical (unpaired) electrons. The van der Waals surface area contributed by atoms with Crippen molar-refractivity contribution in [3.8, 4) is 0 Å². The summed E-state index contributed by atoms with van der Waals surface area (Å²) in [6, 6.07) is 10.7. The molecule has 0 aromatic heterocycles. The van der Waals surface area contributed by atoms with E-state index in [0.717, 1.165) is 13.1 Å². The number of hydrogen-bond donors (Lipinski definition) is 0. The molecule has 1 aliphatic heterocycles. The predicted octanol–water partition coefficient (Wildman–Crippen LogP) is 2.87. The van der Waals surface area contributed by atoms with Gasteiger partial charge in [0.25, 0.3) is 0 Å². The maximum Gasteiger partial charge on any atom is 0.0237 e. The van der Waals surface area contributed by atoms with Gasteiger partial charge in [0.15, 0.2) is 0 Å². The Morgan fingerprint density at radius 1 is 1.07 bits per heavy atom. The van der Waals surface area contributed by atoms with Crippen LogP contribution in [0.15, 0.2) is 42.5 Å². The molecular weight excluding hydrogens is 194 g/mol. The summed E-state index contributed by atoms with van der Waals surface area (Å²) < 4.78 is 0. The minimum Gasteiger partial charge on any atom is -0.295 e. The van der Waals surface area contributed by atoms with Crippen LogP contribution in [-0.4, -0.2) is 18.0 Å². The van der Waals surface area contributed by atoms with E-state index in [9.17, 15) is 0 Å². The van der Waals surface area contributed by atoms with Gasteiger partial charge in [-0.05, 0) is 12.0 Å². The second-order valence-corrected chi connectivity index (χ2v) is 3.48. The first-order valence-electron chi connectivity index (χ1n) is 4.86. The van der Waals surface area contributed by atoms with Crippen molar-refractivity contribution in [3.63, 3.8) is 0 Å². The van der Waals surface area contributed by atoms with Gasteiger partial charge in [-0.1, -0.05) is 42.5 Å². The van der Waals surface area contributed by atoms with Crippen LogP contribution in [0.25, 0.3) is 0 Å². The zero-order valence-electron chi connectivity index (χ0n) is 8.23. The van der Waals surface area contributed by atoms with Crippen molar-refractivity contribution in [1.82, 2.24) is 4.90 Å².